The van der Waals surface area contributed by atoms with Crippen LogP contribution in [0.5, 0.6) is 0 Å². The summed E-state index contributed by atoms with van der Waals surface area (Å²) in [5.74, 6) is 0.830. The number of fused-ring (bicyclic) bond motifs is 2. The Labute approximate surface area is 168 Å². The highest BCUT2D eigenvalue weighted by atomic mass is 16.5. The van der Waals surface area contributed by atoms with E-state index in [2.05, 4.69) is 17.2 Å². The summed E-state index contributed by atoms with van der Waals surface area (Å²) >= 11 is 0. The first kappa shape index (κ1) is 17.9. The van der Waals surface area contributed by atoms with Gasteiger partial charge in [0.25, 0.3) is 5.56 Å². The number of para-hydroxylation sites is 1. The van der Waals surface area contributed by atoms with Gasteiger partial charge in [-0.1, -0.05) is 24.3 Å². The molecule has 0 saturated carbocycles. The number of rotatable bonds is 4. The fourth-order valence-electron chi connectivity index (χ4n) is 4.08. The van der Waals surface area contributed by atoms with E-state index in [1.165, 1.54) is 0 Å². The minimum Gasteiger partial charge on any atom is -0.376 e. The maximum absolute atomic E-state index is 13.0. The van der Waals surface area contributed by atoms with Gasteiger partial charge in [-0.05, 0) is 55.3 Å². The molecule has 1 saturated heterocycles. The molecule has 5 rings (SSSR count). The van der Waals surface area contributed by atoms with Crippen LogP contribution in [0, 0.1) is 13.8 Å². The monoisotopic (exact) mass is 388 g/mol. The molecule has 1 aliphatic heterocycles. The lowest BCUT2D eigenvalue weighted by molar-refractivity contribution is 0.120. The summed E-state index contributed by atoms with van der Waals surface area (Å²) in [4.78, 5) is 20.8. The van der Waals surface area contributed by atoms with Crippen LogP contribution in [-0.4, -0.2) is 33.6 Å². The lowest BCUT2D eigenvalue weighted by Gasteiger charge is -2.13. The summed E-state index contributed by atoms with van der Waals surface area (Å²) in [6.45, 7) is 5.56. The first-order valence-electron chi connectivity index (χ1n) is 10.1. The third kappa shape index (κ3) is 3.19. The molecule has 1 fully saturated rings. The zero-order valence-electron chi connectivity index (χ0n) is 16.7. The smallest absolute Gasteiger partial charge is 0.258 e. The SMILES string of the molecule is Cc1ccc2nc(-c3cc4cccc(C)c4[nH]c3=O)c(NC[C@@H]3CCCO3)n2c1. The van der Waals surface area contributed by atoms with Crippen molar-refractivity contribution in [2.45, 2.75) is 32.8 Å². The second-order valence-corrected chi connectivity index (χ2v) is 7.81. The average molecular weight is 388 g/mol. The normalized spacial score (nSPS) is 16.7. The van der Waals surface area contributed by atoms with Crippen molar-refractivity contribution in [2.75, 3.05) is 18.5 Å². The second-order valence-electron chi connectivity index (χ2n) is 7.81. The van der Waals surface area contributed by atoms with Crippen molar-refractivity contribution in [3.8, 4) is 11.3 Å². The standard InChI is InChI=1S/C23H24N4O2/c1-14-8-9-19-25-21(22(27(19)13-14)24-12-17-7-4-10-29-17)18-11-16-6-3-5-15(2)20(16)26-23(18)28/h3,5-6,8-9,11,13,17,24H,4,7,10,12H2,1-2H3,(H,26,28)/t17-/m0/s1. The minimum absolute atomic E-state index is 0.132. The zero-order valence-corrected chi connectivity index (χ0v) is 16.7. The molecule has 4 heterocycles. The number of pyridine rings is 2. The number of anilines is 1. The van der Waals surface area contributed by atoms with E-state index in [9.17, 15) is 4.79 Å². The van der Waals surface area contributed by atoms with E-state index in [0.717, 1.165) is 52.9 Å². The summed E-state index contributed by atoms with van der Waals surface area (Å²) in [5.41, 5.74) is 4.96. The van der Waals surface area contributed by atoms with Gasteiger partial charge in [0.1, 0.15) is 17.2 Å². The van der Waals surface area contributed by atoms with Crippen molar-refractivity contribution in [1.29, 1.82) is 0 Å². The number of benzene rings is 1. The van der Waals surface area contributed by atoms with Gasteiger partial charge in [0, 0.05) is 19.3 Å². The van der Waals surface area contributed by atoms with E-state index < -0.39 is 0 Å². The number of aromatic amines is 1. The number of imidazole rings is 1. The predicted molar refractivity (Wildman–Crippen MR) is 116 cm³/mol. The van der Waals surface area contributed by atoms with Gasteiger partial charge in [-0.3, -0.25) is 9.20 Å². The average Bonchev–Trinajstić information content (AvgIpc) is 3.34. The van der Waals surface area contributed by atoms with E-state index in [1.807, 2.05) is 53.9 Å². The Kier molecular flexibility index (Phi) is 4.36. The number of ether oxygens (including phenoxy) is 1. The van der Waals surface area contributed by atoms with Gasteiger partial charge in [-0.15, -0.1) is 0 Å². The summed E-state index contributed by atoms with van der Waals surface area (Å²) in [6, 6.07) is 12.0. The van der Waals surface area contributed by atoms with Gasteiger partial charge in [-0.25, -0.2) is 4.98 Å². The molecule has 0 bridgehead atoms. The highest BCUT2D eigenvalue weighted by molar-refractivity contribution is 5.87. The van der Waals surface area contributed by atoms with E-state index in [-0.39, 0.29) is 11.7 Å². The van der Waals surface area contributed by atoms with E-state index in [0.29, 0.717) is 17.8 Å². The minimum atomic E-state index is -0.132. The number of aryl methyl sites for hydroxylation is 2. The topological polar surface area (TPSA) is 71.4 Å². The molecule has 0 radical (unpaired) electrons. The largest absolute Gasteiger partial charge is 0.376 e. The Hall–Kier alpha value is -3.12. The Morgan fingerprint density at radius 3 is 3.00 bits per heavy atom. The van der Waals surface area contributed by atoms with Gasteiger partial charge < -0.3 is 15.0 Å². The number of nitrogens with one attached hydrogen (secondary N) is 2. The number of nitrogens with zero attached hydrogens (tertiary/aromatic N) is 2. The van der Waals surface area contributed by atoms with E-state index in [1.54, 1.807) is 0 Å². The molecule has 1 aromatic carbocycles. The van der Waals surface area contributed by atoms with Crippen molar-refractivity contribution >= 4 is 22.4 Å². The van der Waals surface area contributed by atoms with Crippen LogP contribution in [0.1, 0.15) is 24.0 Å². The van der Waals surface area contributed by atoms with Gasteiger partial charge >= 0.3 is 0 Å². The summed E-state index contributed by atoms with van der Waals surface area (Å²) < 4.78 is 7.79. The third-order valence-electron chi connectivity index (χ3n) is 5.63. The lowest BCUT2D eigenvalue weighted by atomic mass is 10.1. The molecule has 29 heavy (non-hydrogen) atoms. The number of hydrogen-bond donors (Lipinski definition) is 2. The maximum atomic E-state index is 13.0. The maximum Gasteiger partial charge on any atom is 0.258 e. The molecular formula is C23H24N4O2. The molecule has 6 nitrogen and oxygen atoms in total. The van der Waals surface area contributed by atoms with Crippen LogP contribution in [0.2, 0.25) is 0 Å². The molecule has 6 heteroatoms. The van der Waals surface area contributed by atoms with Crippen LogP contribution in [0.25, 0.3) is 27.8 Å². The molecule has 1 aliphatic rings. The highest BCUT2D eigenvalue weighted by Crippen LogP contribution is 2.29. The lowest BCUT2D eigenvalue weighted by Crippen LogP contribution is -2.20. The molecule has 1 atom stereocenters. The van der Waals surface area contributed by atoms with Crippen LogP contribution in [0.15, 0.2) is 47.4 Å². The molecule has 4 aromatic rings. The van der Waals surface area contributed by atoms with Crippen LogP contribution in [0.3, 0.4) is 0 Å². The Balaban J connectivity index is 1.67. The molecule has 2 N–H and O–H groups in total. The molecule has 148 valence electrons. The molecule has 3 aromatic heterocycles. The van der Waals surface area contributed by atoms with Gasteiger partial charge in [0.2, 0.25) is 0 Å². The number of aromatic nitrogens is 3. The van der Waals surface area contributed by atoms with Crippen molar-refractivity contribution in [3.05, 3.63) is 64.1 Å². The first-order valence-corrected chi connectivity index (χ1v) is 10.1. The molecule has 0 amide bonds. The third-order valence-corrected chi connectivity index (χ3v) is 5.63. The summed E-state index contributed by atoms with van der Waals surface area (Å²) in [6.07, 6.45) is 4.38. The molecule has 0 spiro atoms. The van der Waals surface area contributed by atoms with Crippen molar-refractivity contribution in [2.24, 2.45) is 0 Å². The van der Waals surface area contributed by atoms with E-state index in [4.69, 9.17) is 9.72 Å². The fraction of sp³-hybridized carbons (Fsp3) is 0.304. The summed E-state index contributed by atoms with van der Waals surface area (Å²) in [7, 11) is 0. The zero-order chi connectivity index (χ0) is 20.0. The Bertz CT molecular complexity index is 1270. The first-order chi connectivity index (χ1) is 14.1. The molecule has 0 aliphatic carbocycles. The predicted octanol–water partition coefficient (Wildman–Crippen LogP) is 4.05. The quantitative estimate of drug-likeness (QED) is 0.553. The number of hydrogen-bond acceptors (Lipinski definition) is 4. The van der Waals surface area contributed by atoms with Crippen LogP contribution < -0.4 is 10.9 Å². The van der Waals surface area contributed by atoms with Crippen LogP contribution >= 0.6 is 0 Å². The van der Waals surface area contributed by atoms with E-state index >= 15 is 0 Å². The fourth-order valence-corrected chi connectivity index (χ4v) is 4.08. The van der Waals surface area contributed by atoms with Crippen molar-refractivity contribution in [3.63, 3.8) is 0 Å². The van der Waals surface area contributed by atoms with Crippen LogP contribution in [-0.2, 0) is 4.74 Å². The summed E-state index contributed by atoms with van der Waals surface area (Å²) in [5, 5.41) is 4.51. The van der Waals surface area contributed by atoms with Crippen LogP contribution in [0.4, 0.5) is 5.82 Å². The van der Waals surface area contributed by atoms with Gasteiger partial charge in [0.15, 0.2) is 0 Å². The van der Waals surface area contributed by atoms with Crippen molar-refractivity contribution in [1.82, 2.24) is 14.4 Å². The van der Waals surface area contributed by atoms with Gasteiger partial charge in [0.05, 0.1) is 17.2 Å². The number of H-pyrrole nitrogens is 1. The second kappa shape index (κ2) is 7.04. The highest BCUT2D eigenvalue weighted by Gasteiger charge is 2.21. The molecule has 0 unspecified atom stereocenters. The Morgan fingerprint density at radius 2 is 2.17 bits per heavy atom. The van der Waals surface area contributed by atoms with Crippen molar-refractivity contribution < 1.29 is 4.74 Å². The van der Waals surface area contributed by atoms with Gasteiger partial charge in [-0.2, -0.15) is 0 Å². The molecular weight excluding hydrogens is 364 g/mol. The Morgan fingerprint density at radius 1 is 1.28 bits per heavy atom.